The molecule has 0 aliphatic heterocycles. The lowest BCUT2D eigenvalue weighted by atomic mass is 9.41. The van der Waals surface area contributed by atoms with Crippen molar-refractivity contribution in [1.29, 1.82) is 0 Å². The highest BCUT2D eigenvalue weighted by Gasteiger charge is 2.66. The van der Waals surface area contributed by atoms with Crippen LogP contribution in [0.1, 0.15) is 79.1 Å². The van der Waals surface area contributed by atoms with Crippen molar-refractivity contribution in [2.45, 2.75) is 84.7 Å². The molecule has 3 nitrogen and oxygen atoms in total. The van der Waals surface area contributed by atoms with E-state index in [0.717, 1.165) is 38.5 Å². The molecular weight excluding hydrogens is 312 g/mol. The number of carbonyl (C=O) groups excluding carboxylic acids is 2. The van der Waals surface area contributed by atoms with E-state index in [4.69, 9.17) is 0 Å². The summed E-state index contributed by atoms with van der Waals surface area (Å²) in [5.74, 6) is 2.62. The second-order valence-corrected chi connectivity index (χ2v) is 10.6. The van der Waals surface area contributed by atoms with Crippen molar-refractivity contribution in [3.63, 3.8) is 0 Å². The molecule has 0 aromatic carbocycles. The van der Waals surface area contributed by atoms with Crippen LogP contribution < -0.4 is 0 Å². The molecule has 4 saturated carbocycles. The molecule has 0 spiro atoms. The first-order valence-corrected chi connectivity index (χ1v) is 10.3. The zero-order valence-corrected chi connectivity index (χ0v) is 16.3. The number of aliphatic hydroxyl groups is 1. The summed E-state index contributed by atoms with van der Waals surface area (Å²) in [5.41, 5.74) is -0.706. The maximum absolute atomic E-state index is 12.3. The lowest BCUT2D eigenvalue weighted by molar-refractivity contribution is -0.213. The van der Waals surface area contributed by atoms with Crippen molar-refractivity contribution < 1.29 is 14.7 Å². The first kappa shape index (κ1) is 17.7. The molecule has 1 N–H and O–H groups in total. The van der Waals surface area contributed by atoms with Crippen LogP contribution in [0.2, 0.25) is 0 Å². The molecule has 0 saturated heterocycles. The van der Waals surface area contributed by atoms with Crippen LogP contribution in [0.5, 0.6) is 0 Å². The van der Waals surface area contributed by atoms with Crippen molar-refractivity contribution >= 4 is 11.6 Å². The van der Waals surface area contributed by atoms with Crippen LogP contribution in [-0.4, -0.2) is 22.3 Å². The molecular formula is C22H34O3. The van der Waals surface area contributed by atoms with Gasteiger partial charge in [0.2, 0.25) is 0 Å². The Morgan fingerprint density at radius 2 is 1.80 bits per heavy atom. The van der Waals surface area contributed by atoms with Gasteiger partial charge in [-0.05, 0) is 86.9 Å². The third-order valence-electron chi connectivity index (χ3n) is 9.16. The monoisotopic (exact) mass is 346 g/mol. The van der Waals surface area contributed by atoms with Gasteiger partial charge in [0.05, 0.1) is 5.60 Å². The Kier molecular flexibility index (Phi) is 3.83. The first-order valence-electron chi connectivity index (χ1n) is 10.3. The van der Waals surface area contributed by atoms with Gasteiger partial charge < -0.3 is 5.11 Å². The Morgan fingerprint density at radius 1 is 1.08 bits per heavy atom. The molecule has 0 unspecified atom stereocenters. The highest BCUT2D eigenvalue weighted by molar-refractivity contribution is 5.80. The van der Waals surface area contributed by atoms with E-state index in [2.05, 4.69) is 13.8 Å². The lowest BCUT2D eigenvalue weighted by Gasteiger charge is -2.64. The minimum atomic E-state index is -0.734. The fourth-order valence-corrected chi connectivity index (χ4v) is 8.49. The number of hydrogen-bond acceptors (Lipinski definition) is 3. The second-order valence-electron chi connectivity index (χ2n) is 10.6. The third-order valence-corrected chi connectivity index (χ3v) is 9.16. The number of ketones is 2. The van der Waals surface area contributed by atoms with Crippen molar-refractivity contribution in [1.82, 2.24) is 0 Å². The summed E-state index contributed by atoms with van der Waals surface area (Å²) in [7, 11) is 0. The van der Waals surface area contributed by atoms with Gasteiger partial charge in [-0.15, -0.1) is 0 Å². The quantitative estimate of drug-likeness (QED) is 0.775. The Labute approximate surface area is 151 Å². The largest absolute Gasteiger partial charge is 0.390 e. The number of Topliss-reactive ketones (excluding diaryl/α,β-unsaturated/α-hetero) is 2. The lowest BCUT2D eigenvalue weighted by Crippen LogP contribution is -2.63. The van der Waals surface area contributed by atoms with E-state index in [0.29, 0.717) is 42.2 Å². The van der Waals surface area contributed by atoms with Crippen molar-refractivity contribution in [3.8, 4) is 0 Å². The zero-order valence-electron chi connectivity index (χ0n) is 16.3. The molecule has 0 aromatic rings. The minimum absolute atomic E-state index is 0.0514. The summed E-state index contributed by atoms with van der Waals surface area (Å²) >= 11 is 0. The maximum Gasteiger partial charge on any atom is 0.133 e. The smallest absolute Gasteiger partial charge is 0.133 e. The summed E-state index contributed by atoms with van der Waals surface area (Å²) in [4.78, 5) is 24.3. The van der Waals surface area contributed by atoms with E-state index >= 15 is 0 Å². The van der Waals surface area contributed by atoms with Gasteiger partial charge in [0.1, 0.15) is 11.6 Å². The Morgan fingerprint density at radius 3 is 2.48 bits per heavy atom. The van der Waals surface area contributed by atoms with Crippen molar-refractivity contribution in [2.75, 3.05) is 0 Å². The molecule has 0 bridgehead atoms. The van der Waals surface area contributed by atoms with Crippen molar-refractivity contribution in [2.24, 2.45) is 40.4 Å². The molecule has 0 amide bonds. The topological polar surface area (TPSA) is 54.4 Å². The number of hydrogen-bond donors (Lipinski definition) is 1. The second kappa shape index (κ2) is 5.41. The number of fused-ring (bicyclic) bond motifs is 5. The Bertz CT molecular complexity index is 608. The van der Waals surface area contributed by atoms with Gasteiger partial charge in [-0.1, -0.05) is 13.8 Å². The number of carbonyl (C=O) groups is 2. The maximum atomic E-state index is 12.3. The van der Waals surface area contributed by atoms with Crippen molar-refractivity contribution in [3.05, 3.63) is 0 Å². The van der Waals surface area contributed by atoms with E-state index in [9.17, 15) is 14.7 Å². The van der Waals surface area contributed by atoms with E-state index in [1.165, 1.54) is 0 Å². The van der Waals surface area contributed by atoms with Gasteiger partial charge in [0, 0.05) is 18.8 Å². The molecule has 0 radical (unpaired) electrons. The van der Waals surface area contributed by atoms with Gasteiger partial charge in [-0.2, -0.15) is 0 Å². The highest BCUT2D eigenvalue weighted by atomic mass is 16.3. The van der Waals surface area contributed by atoms with Crippen LogP contribution in [0.25, 0.3) is 0 Å². The van der Waals surface area contributed by atoms with Gasteiger partial charge in [0.15, 0.2) is 0 Å². The van der Waals surface area contributed by atoms with E-state index in [-0.39, 0.29) is 22.7 Å². The molecule has 25 heavy (non-hydrogen) atoms. The third kappa shape index (κ3) is 2.33. The summed E-state index contributed by atoms with van der Waals surface area (Å²) in [5, 5.41) is 11.7. The SMILES string of the molecule is CC(=O)[C@H]1CC[C@H]2[C@@H]3CC[C@@H]4CC(=O)CC[C@]4(C)[C@H]3[C@](C)(O)C[C@]12C. The average molecular weight is 347 g/mol. The molecule has 4 aliphatic carbocycles. The van der Waals surface area contributed by atoms with Gasteiger partial charge in [0.25, 0.3) is 0 Å². The van der Waals surface area contributed by atoms with Crippen LogP contribution in [0.4, 0.5) is 0 Å². The zero-order chi connectivity index (χ0) is 18.2. The molecule has 3 heteroatoms. The molecule has 8 atom stereocenters. The standard InChI is InChI=1S/C22H34O3/c1-13(23)17-7-8-18-16-6-5-14-11-15(24)9-10-20(14,2)19(16)22(4,25)12-21(17,18)3/h14,16-19,25H,5-12H2,1-4H3/t14-,16+,17-,18+,19+,20+,21-,22-/m1/s1. The Hall–Kier alpha value is -0.700. The predicted molar refractivity (Wildman–Crippen MR) is 96.9 cm³/mol. The summed E-state index contributed by atoms with van der Waals surface area (Å²) < 4.78 is 0. The molecule has 4 rings (SSSR count). The minimum Gasteiger partial charge on any atom is -0.390 e. The van der Waals surface area contributed by atoms with E-state index < -0.39 is 5.60 Å². The molecule has 4 fully saturated rings. The Balaban J connectivity index is 1.74. The van der Waals surface area contributed by atoms with Crippen LogP contribution in [0, 0.1) is 40.4 Å². The molecule has 140 valence electrons. The fourth-order valence-electron chi connectivity index (χ4n) is 8.49. The fraction of sp³-hybridized carbons (Fsp3) is 0.909. The van der Waals surface area contributed by atoms with E-state index in [1.807, 2.05) is 6.92 Å². The van der Waals surface area contributed by atoms with E-state index in [1.54, 1.807) is 6.92 Å². The van der Waals surface area contributed by atoms with Gasteiger partial charge in [-0.3, -0.25) is 9.59 Å². The number of rotatable bonds is 1. The molecule has 0 aromatic heterocycles. The summed E-state index contributed by atoms with van der Waals surface area (Å²) in [6.45, 7) is 8.41. The van der Waals surface area contributed by atoms with Gasteiger partial charge in [-0.25, -0.2) is 0 Å². The van der Waals surface area contributed by atoms with Crippen LogP contribution in [0.15, 0.2) is 0 Å². The van der Waals surface area contributed by atoms with Crippen LogP contribution >= 0.6 is 0 Å². The predicted octanol–water partition coefficient (Wildman–Crippen LogP) is 4.16. The van der Waals surface area contributed by atoms with Gasteiger partial charge >= 0.3 is 0 Å². The molecule has 4 aliphatic rings. The van der Waals surface area contributed by atoms with Crippen LogP contribution in [-0.2, 0) is 9.59 Å². The summed E-state index contributed by atoms with van der Waals surface area (Å²) in [6, 6.07) is 0. The highest BCUT2D eigenvalue weighted by Crippen LogP contribution is 2.69. The molecule has 0 heterocycles. The van der Waals surface area contributed by atoms with Crippen LogP contribution in [0.3, 0.4) is 0 Å². The normalized spacial score (nSPS) is 55.2. The average Bonchev–Trinajstić information content (AvgIpc) is 2.83. The summed E-state index contributed by atoms with van der Waals surface area (Å²) in [6.07, 6.45) is 7.46. The first-order chi connectivity index (χ1) is 11.6.